The first-order valence-electron chi connectivity index (χ1n) is 5.88. The normalized spacial score (nSPS) is 19.6. The lowest BCUT2D eigenvalue weighted by molar-refractivity contribution is -0.221. The summed E-state index contributed by atoms with van der Waals surface area (Å²) in [5.41, 5.74) is -6.51. The number of aldehydes is 1. The number of aliphatic hydroxyl groups is 4. The van der Waals surface area contributed by atoms with Gasteiger partial charge in [-0.2, -0.15) is 0 Å². The Labute approximate surface area is 120 Å². The number of carbonyl (C=O) groups is 4. The molecule has 4 N–H and O–H groups in total. The molecule has 0 aromatic heterocycles. The van der Waals surface area contributed by atoms with E-state index in [2.05, 4.69) is 4.74 Å². The number of ether oxygens (including phenoxy) is 1. The molecule has 120 valence electrons. The number of carbonyl (C=O) groups excluding carboxylic acids is 4. The van der Waals surface area contributed by atoms with Gasteiger partial charge in [-0.05, 0) is 13.8 Å². The minimum Gasteiger partial charge on any atom is -0.456 e. The highest BCUT2D eigenvalue weighted by molar-refractivity contribution is 6.08. The standard InChI is InChI=1S/C12H18O9/c1-6(15)11(19,5-14)12(20,7(2)16)10(9(18)4-13)21-8(3)17/h5,9-10,13,18-20H,4H2,1-3H3. The number of ketones is 2. The van der Waals surface area contributed by atoms with Gasteiger partial charge in [-0.1, -0.05) is 0 Å². The Morgan fingerprint density at radius 2 is 1.62 bits per heavy atom. The summed E-state index contributed by atoms with van der Waals surface area (Å²) in [6, 6.07) is 0. The van der Waals surface area contributed by atoms with E-state index < -0.39 is 53.8 Å². The van der Waals surface area contributed by atoms with E-state index in [-0.39, 0.29) is 0 Å². The van der Waals surface area contributed by atoms with E-state index in [1.807, 2.05) is 0 Å². The van der Waals surface area contributed by atoms with Gasteiger partial charge in [0.15, 0.2) is 24.0 Å². The lowest BCUT2D eigenvalue weighted by atomic mass is 9.72. The van der Waals surface area contributed by atoms with Gasteiger partial charge in [0.1, 0.15) is 6.10 Å². The van der Waals surface area contributed by atoms with Gasteiger partial charge in [-0.3, -0.25) is 19.2 Å². The Kier molecular flexibility index (Phi) is 6.30. The minimum atomic E-state index is -3.26. The molecule has 9 nitrogen and oxygen atoms in total. The molecule has 0 bridgehead atoms. The number of rotatable bonds is 8. The third kappa shape index (κ3) is 3.32. The molecule has 0 aromatic carbocycles. The first kappa shape index (κ1) is 19.3. The number of esters is 1. The van der Waals surface area contributed by atoms with E-state index in [4.69, 9.17) is 5.11 Å². The van der Waals surface area contributed by atoms with Crippen LogP contribution in [-0.4, -0.2) is 74.3 Å². The van der Waals surface area contributed by atoms with Crippen molar-refractivity contribution in [1.82, 2.24) is 0 Å². The molecule has 4 atom stereocenters. The van der Waals surface area contributed by atoms with Crippen molar-refractivity contribution < 1.29 is 44.3 Å². The molecule has 0 amide bonds. The third-order valence-corrected chi connectivity index (χ3v) is 3.07. The highest BCUT2D eigenvalue weighted by atomic mass is 16.6. The fraction of sp³-hybridized carbons (Fsp3) is 0.667. The van der Waals surface area contributed by atoms with E-state index >= 15 is 0 Å². The zero-order valence-electron chi connectivity index (χ0n) is 11.8. The molecule has 0 aromatic rings. The number of hydrogen-bond acceptors (Lipinski definition) is 9. The average molecular weight is 306 g/mol. The van der Waals surface area contributed by atoms with Crippen molar-refractivity contribution in [3.63, 3.8) is 0 Å². The lowest BCUT2D eigenvalue weighted by Gasteiger charge is -2.42. The third-order valence-electron chi connectivity index (χ3n) is 3.07. The van der Waals surface area contributed by atoms with Crippen LogP contribution < -0.4 is 0 Å². The monoisotopic (exact) mass is 306 g/mol. The Balaban J connectivity index is 6.24. The second-order valence-electron chi connectivity index (χ2n) is 4.54. The van der Waals surface area contributed by atoms with Crippen LogP contribution in [0.5, 0.6) is 0 Å². The van der Waals surface area contributed by atoms with E-state index in [9.17, 15) is 34.5 Å². The Morgan fingerprint density at radius 3 is 1.86 bits per heavy atom. The van der Waals surface area contributed by atoms with Gasteiger partial charge in [0.05, 0.1) is 6.61 Å². The van der Waals surface area contributed by atoms with Gasteiger partial charge >= 0.3 is 5.97 Å². The summed E-state index contributed by atoms with van der Waals surface area (Å²) < 4.78 is 4.54. The molecule has 0 fully saturated rings. The van der Waals surface area contributed by atoms with Crippen molar-refractivity contribution in [2.75, 3.05) is 6.61 Å². The Morgan fingerprint density at radius 1 is 1.14 bits per heavy atom. The van der Waals surface area contributed by atoms with E-state index in [0.717, 1.165) is 20.8 Å². The van der Waals surface area contributed by atoms with Crippen LogP contribution in [-0.2, 0) is 23.9 Å². The second kappa shape index (κ2) is 6.85. The molecular formula is C12H18O9. The van der Waals surface area contributed by atoms with Gasteiger partial charge in [0, 0.05) is 6.92 Å². The van der Waals surface area contributed by atoms with Gasteiger partial charge in [0.25, 0.3) is 0 Å². The van der Waals surface area contributed by atoms with Crippen molar-refractivity contribution in [1.29, 1.82) is 0 Å². The van der Waals surface area contributed by atoms with Gasteiger partial charge in [-0.25, -0.2) is 0 Å². The van der Waals surface area contributed by atoms with Gasteiger partial charge in [0.2, 0.25) is 11.2 Å². The van der Waals surface area contributed by atoms with Crippen molar-refractivity contribution in [2.45, 2.75) is 44.2 Å². The molecule has 0 saturated heterocycles. The molecule has 0 heterocycles. The zero-order valence-corrected chi connectivity index (χ0v) is 11.8. The quantitative estimate of drug-likeness (QED) is 0.210. The second-order valence-corrected chi connectivity index (χ2v) is 4.54. The van der Waals surface area contributed by atoms with Gasteiger partial charge in [-0.15, -0.1) is 0 Å². The zero-order chi connectivity index (χ0) is 17.0. The predicted octanol–water partition coefficient (Wildman–Crippen LogP) is -2.89. The average Bonchev–Trinajstić information content (AvgIpc) is 2.41. The van der Waals surface area contributed by atoms with Crippen LogP contribution in [0.2, 0.25) is 0 Å². The van der Waals surface area contributed by atoms with Crippen LogP contribution in [0.3, 0.4) is 0 Å². The molecule has 0 aliphatic heterocycles. The molecule has 0 aliphatic carbocycles. The van der Waals surface area contributed by atoms with Crippen LogP contribution in [0, 0.1) is 0 Å². The molecule has 21 heavy (non-hydrogen) atoms. The number of hydrogen-bond donors (Lipinski definition) is 4. The fourth-order valence-corrected chi connectivity index (χ4v) is 1.84. The van der Waals surface area contributed by atoms with E-state index in [0.29, 0.717) is 0 Å². The summed E-state index contributed by atoms with van der Waals surface area (Å²) in [4.78, 5) is 45.3. The molecule has 0 rings (SSSR count). The van der Waals surface area contributed by atoms with Gasteiger partial charge < -0.3 is 25.2 Å². The molecule has 9 heteroatoms. The molecule has 4 unspecified atom stereocenters. The predicted molar refractivity (Wildman–Crippen MR) is 66.0 cm³/mol. The van der Waals surface area contributed by atoms with Crippen LogP contribution in [0.1, 0.15) is 20.8 Å². The number of aliphatic hydroxyl groups excluding tert-OH is 2. The van der Waals surface area contributed by atoms with E-state index in [1.165, 1.54) is 0 Å². The lowest BCUT2D eigenvalue weighted by Crippen LogP contribution is -2.72. The summed E-state index contributed by atoms with van der Waals surface area (Å²) in [6.45, 7) is 1.24. The Hall–Kier alpha value is -1.68. The largest absolute Gasteiger partial charge is 0.456 e. The maximum atomic E-state index is 11.7. The van der Waals surface area contributed by atoms with Crippen LogP contribution >= 0.6 is 0 Å². The van der Waals surface area contributed by atoms with Crippen LogP contribution in [0.4, 0.5) is 0 Å². The maximum Gasteiger partial charge on any atom is 0.303 e. The van der Waals surface area contributed by atoms with E-state index in [1.54, 1.807) is 0 Å². The summed E-state index contributed by atoms with van der Waals surface area (Å²) in [6.07, 6.45) is -4.64. The van der Waals surface area contributed by atoms with Crippen LogP contribution in [0.15, 0.2) is 0 Å². The number of Topliss-reactive ketones (excluding diaryl/α,β-unsaturated/α-hetero) is 2. The minimum absolute atomic E-state index is 0.392. The summed E-state index contributed by atoms with van der Waals surface area (Å²) in [5.74, 6) is -3.70. The van der Waals surface area contributed by atoms with Crippen molar-refractivity contribution in [2.24, 2.45) is 0 Å². The first-order valence-corrected chi connectivity index (χ1v) is 5.88. The fourth-order valence-electron chi connectivity index (χ4n) is 1.84. The summed E-state index contributed by atoms with van der Waals surface area (Å²) in [7, 11) is 0. The SMILES string of the molecule is CC(=O)OC(C(O)CO)C(O)(C(C)=O)C(O)(C=O)C(C)=O. The smallest absolute Gasteiger partial charge is 0.303 e. The Bertz CT molecular complexity index is 446. The van der Waals surface area contributed by atoms with Crippen molar-refractivity contribution in [3.8, 4) is 0 Å². The topological polar surface area (TPSA) is 158 Å². The maximum absolute atomic E-state index is 11.7. The molecule has 0 aliphatic rings. The molecular weight excluding hydrogens is 288 g/mol. The van der Waals surface area contributed by atoms with Crippen LogP contribution in [0.25, 0.3) is 0 Å². The molecule has 0 radical (unpaired) electrons. The summed E-state index contributed by atoms with van der Waals surface area (Å²) >= 11 is 0. The molecule has 0 saturated carbocycles. The molecule has 0 spiro atoms. The van der Waals surface area contributed by atoms with Crippen molar-refractivity contribution in [3.05, 3.63) is 0 Å². The summed E-state index contributed by atoms with van der Waals surface area (Å²) in [5, 5.41) is 39.0. The highest BCUT2D eigenvalue weighted by Crippen LogP contribution is 2.31. The van der Waals surface area contributed by atoms with Crippen molar-refractivity contribution >= 4 is 23.8 Å². The highest BCUT2D eigenvalue weighted by Gasteiger charge is 2.64. The first-order chi connectivity index (χ1) is 9.48.